The van der Waals surface area contributed by atoms with Crippen LogP contribution in [0.25, 0.3) is 0 Å². The molecule has 2 aliphatic rings. The summed E-state index contributed by atoms with van der Waals surface area (Å²) >= 11 is 5.00. The lowest BCUT2D eigenvalue weighted by Gasteiger charge is -2.24. The Hall–Kier alpha value is -1.42. The molecule has 4 heteroatoms. The van der Waals surface area contributed by atoms with Crippen molar-refractivity contribution < 1.29 is 4.79 Å². The molecule has 1 amide bonds. The van der Waals surface area contributed by atoms with E-state index in [9.17, 15) is 4.79 Å². The highest BCUT2D eigenvalue weighted by Crippen LogP contribution is 2.60. The molecule has 0 aliphatic heterocycles. The zero-order valence-electron chi connectivity index (χ0n) is 11.9. The first-order valence-corrected chi connectivity index (χ1v) is 7.57. The molecule has 3 nitrogen and oxygen atoms in total. The Balaban J connectivity index is 1.79. The van der Waals surface area contributed by atoms with E-state index < -0.39 is 0 Å². The molecule has 2 N–H and O–H groups in total. The summed E-state index contributed by atoms with van der Waals surface area (Å²) in [5.74, 6) is 1.24. The second-order valence-electron chi connectivity index (χ2n) is 5.98. The molecule has 0 saturated heterocycles. The second-order valence-corrected chi connectivity index (χ2v) is 6.45. The van der Waals surface area contributed by atoms with E-state index in [0.29, 0.717) is 16.8 Å². The SMILES string of the molecule is CC(C(N)=S)N(C)C(=O)C1C2CCc3ccccc3C21. The van der Waals surface area contributed by atoms with Crippen LogP contribution in [0.15, 0.2) is 24.3 Å². The molecule has 0 heterocycles. The van der Waals surface area contributed by atoms with Gasteiger partial charge in [-0.25, -0.2) is 0 Å². The van der Waals surface area contributed by atoms with Crippen LogP contribution >= 0.6 is 12.2 Å². The third-order valence-corrected chi connectivity index (χ3v) is 5.30. The normalized spacial score (nSPS) is 28.0. The third-order valence-electron chi connectivity index (χ3n) is 4.96. The fraction of sp³-hybridized carbons (Fsp3) is 0.500. The minimum absolute atomic E-state index is 0.125. The van der Waals surface area contributed by atoms with Gasteiger partial charge in [-0.2, -0.15) is 0 Å². The zero-order chi connectivity index (χ0) is 14.4. The molecular weight excluding hydrogens is 268 g/mol. The minimum atomic E-state index is -0.171. The van der Waals surface area contributed by atoms with Crippen LogP contribution in [-0.2, 0) is 11.2 Å². The number of nitrogens with two attached hydrogens (primary N) is 1. The van der Waals surface area contributed by atoms with Gasteiger partial charge in [-0.3, -0.25) is 4.79 Å². The summed E-state index contributed by atoms with van der Waals surface area (Å²) in [6.07, 6.45) is 2.21. The van der Waals surface area contributed by atoms with Gasteiger partial charge in [0.25, 0.3) is 0 Å². The van der Waals surface area contributed by atoms with E-state index in [0.717, 1.165) is 12.8 Å². The van der Waals surface area contributed by atoms with Crippen molar-refractivity contribution in [1.82, 2.24) is 4.90 Å². The van der Waals surface area contributed by atoms with Gasteiger partial charge in [-0.15, -0.1) is 0 Å². The maximum absolute atomic E-state index is 12.6. The fourth-order valence-corrected chi connectivity index (χ4v) is 3.68. The molecule has 0 bridgehead atoms. The Labute approximate surface area is 125 Å². The molecule has 0 spiro atoms. The predicted molar refractivity (Wildman–Crippen MR) is 83.5 cm³/mol. The molecular formula is C16H20N2OS. The van der Waals surface area contributed by atoms with Crippen LogP contribution in [0.4, 0.5) is 0 Å². The van der Waals surface area contributed by atoms with Gasteiger partial charge in [-0.05, 0) is 42.7 Å². The lowest BCUT2D eigenvalue weighted by atomic mass is 9.92. The lowest BCUT2D eigenvalue weighted by molar-refractivity contribution is -0.132. The molecule has 106 valence electrons. The number of amides is 1. The first kappa shape index (κ1) is 13.6. The Bertz CT molecular complexity index is 571. The monoisotopic (exact) mass is 288 g/mol. The fourth-order valence-electron chi connectivity index (χ4n) is 3.52. The number of nitrogens with zero attached hydrogens (tertiary/aromatic N) is 1. The zero-order valence-corrected chi connectivity index (χ0v) is 12.7. The maximum Gasteiger partial charge on any atom is 0.226 e. The van der Waals surface area contributed by atoms with Gasteiger partial charge in [0.1, 0.15) is 0 Å². The lowest BCUT2D eigenvalue weighted by Crippen LogP contribution is -2.43. The number of rotatable bonds is 3. The number of likely N-dealkylation sites (N-methyl/N-ethyl adjacent to an activating group) is 1. The van der Waals surface area contributed by atoms with Crippen LogP contribution in [0.2, 0.25) is 0 Å². The molecule has 0 radical (unpaired) electrons. The Kier molecular flexibility index (Phi) is 3.28. The standard InChI is InChI=1S/C16H20N2OS/c1-9(15(17)20)18(2)16(19)14-12-8-7-10-5-3-4-6-11(10)13(12)14/h3-6,9,12-14H,7-8H2,1-2H3,(H2,17,20). The summed E-state index contributed by atoms with van der Waals surface area (Å²) < 4.78 is 0. The van der Waals surface area contributed by atoms with Gasteiger partial charge < -0.3 is 10.6 Å². The van der Waals surface area contributed by atoms with E-state index >= 15 is 0 Å². The third kappa shape index (κ3) is 2.03. The molecule has 1 fully saturated rings. The summed E-state index contributed by atoms with van der Waals surface area (Å²) in [6, 6.07) is 8.35. The molecule has 0 aromatic heterocycles. The topological polar surface area (TPSA) is 46.3 Å². The van der Waals surface area contributed by atoms with Gasteiger partial charge in [0.15, 0.2) is 0 Å². The molecule has 1 aromatic rings. The summed E-state index contributed by atoms with van der Waals surface area (Å²) in [4.78, 5) is 14.7. The summed E-state index contributed by atoms with van der Waals surface area (Å²) in [7, 11) is 1.81. The summed E-state index contributed by atoms with van der Waals surface area (Å²) in [6.45, 7) is 1.89. The summed E-state index contributed by atoms with van der Waals surface area (Å²) in [5.41, 5.74) is 8.44. The van der Waals surface area contributed by atoms with E-state index in [-0.39, 0.29) is 17.9 Å². The van der Waals surface area contributed by atoms with E-state index in [1.807, 2.05) is 14.0 Å². The highest BCUT2D eigenvalue weighted by Gasteiger charge is 2.57. The largest absolute Gasteiger partial charge is 0.392 e. The second kappa shape index (κ2) is 4.85. The van der Waals surface area contributed by atoms with Crippen molar-refractivity contribution in [3.63, 3.8) is 0 Å². The number of hydrogen-bond acceptors (Lipinski definition) is 2. The number of hydrogen-bond donors (Lipinski definition) is 1. The Morgan fingerprint density at radius 2 is 2.15 bits per heavy atom. The van der Waals surface area contributed by atoms with E-state index in [1.165, 1.54) is 11.1 Å². The predicted octanol–water partition coefficient (Wildman–Crippen LogP) is 2.10. The quantitative estimate of drug-likeness (QED) is 0.866. The molecule has 20 heavy (non-hydrogen) atoms. The van der Waals surface area contributed by atoms with Gasteiger partial charge in [-0.1, -0.05) is 36.5 Å². The number of fused-ring (bicyclic) bond motifs is 3. The molecule has 2 aliphatic carbocycles. The average Bonchev–Trinajstić information content (AvgIpc) is 3.19. The van der Waals surface area contributed by atoms with Crippen molar-refractivity contribution in [2.45, 2.75) is 31.7 Å². The smallest absolute Gasteiger partial charge is 0.226 e. The molecule has 1 aromatic carbocycles. The van der Waals surface area contributed by atoms with E-state index in [1.54, 1.807) is 4.90 Å². The minimum Gasteiger partial charge on any atom is -0.392 e. The molecule has 1 saturated carbocycles. The highest BCUT2D eigenvalue weighted by atomic mass is 32.1. The molecule has 4 unspecified atom stereocenters. The number of thiocarbonyl (C=S) groups is 1. The Morgan fingerprint density at radius 1 is 1.45 bits per heavy atom. The van der Waals surface area contributed by atoms with Crippen LogP contribution in [0, 0.1) is 11.8 Å². The number of aryl methyl sites for hydroxylation is 1. The molecule has 4 atom stereocenters. The van der Waals surface area contributed by atoms with Crippen LogP contribution < -0.4 is 5.73 Å². The number of carbonyl (C=O) groups is 1. The first-order valence-electron chi connectivity index (χ1n) is 7.16. The van der Waals surface area contributed by atoms with Crippen molar-refractivity contribution in [3.8, 4) is 0 Å². The molecule has 3 rings (SSSR count). The van der Waals surface area contributed by atoms with Crippen molar-refractivity contribution in [2.75, 3.05) is 7.05 Å². The van der Waals surface area contributed by atoms with Crippen molar-refractivity contribution in [1.29, 1.82) is 0 Å². The highest BCUT2D eigenvalue weighted by molar-refractivity contribution is 7.80. The van der Waals surface area contributed by atoms with Crippen molar-refractivity contribution in [2.24, 2.45) is 17.6 Å². The van der Waals surface area contributed by atoms with Crippen LogP contribution in [0.3, 0.4) is 0 Å². The van der Waals surface area contributed by atoms with E-state index in [4.69, 9.17) is 18.0 Å². The summed E-state index contributed by atoms with van der Waals surface area (Å²) in [5, 5.41) is 0. The number of carbonyl (C=O) groups excluding carboxylic acids is 1. The van der Waals surface area contributed by atoms with Gasteiger partial charge in [0.2, 0.25) is 5.91 Å². The van der Waals surface area contributed by atoms with Gasteiger partial charge >= 0.3 is 0 Å². The van der Waals surface area contributed by atoms with Crippen LogP contribution in [0.5, 0.6) is 0 Å². The van der Waals surface area contributed by atoms with Crippen LogP contribution in [-0.4, -0.2) is 28.9 Å². The first-order chi connectivity index (χ1) is 9.52. The van der Waals surface area contributed by atoms with Crippen LogP contribution in [0.1, 0.15) is 30.4 Å². The van der Waals surface area contributed by atoms with Gasteiger partial charge in [0.05, 0.1) is 11.0 Å². The van der Waals surface area contributed by atoms with Gasteiger partial charge in [0, 0.05) is 13.0 Å². The van der Waals surface area contributed by atoms with Crippen molar-refractivity contribution in [3.05, 3.63) is 35.4 Å². The van der Waals surface area contributed by atoms with E-state index in [2.05, 4.69) is 24.3 Å². The number of benzene rings is 1. The van der Waals surface area contributed by atoms with Crippen molar-refractivity contribution >= 4 is 23.1 Å². The average molecular weight is 288 g/mol. The maximum atomic E-state index is 12.6. The Morgan fingerprint density at radius 3 is 2.85 bits per heavy atom.